The number of unbranched alkanes of at least 4 members (excludes halogenated alkanes) is 2. The Labute approximate surface area is 196 Å². The van der Waals surface area contributed by atoms with E-state index in [1.165, 1.54) is 24.3 Å². The fourth-order valence-corrected chi connectivity index (χ4v) is 3.22. The van der Waals surface area contributed by atoms with E-state index in [0.29, 0.717) is 17.0 Å². The molecule has 2 aromatic rings. The minimum absolute atomic E-state index is 0.0600. The monoisotopic (exact) mass is 477 g/mol. The first-order valence-corrected chi connectivity index (χ1v) is 10.8. The first kappa shape index (κ1) is 26.5. The molecule has 0 unspecified atom stereocenters. The van der Waals surface area contributed by atoms with Gasteiger partial charge in [0.2, 0.25) is 12.3 Å². The quantitative estimate of drug-likeness (QED) is 0.101. The van der Waals surface area contributed by atoms with E-state index < -0.39 is 29.5 Å². The van der Waals surface area contributed by atoms with Gasteiger partial charge < -0.3 is 19.8 Å². The summed E-state index contributed by atoms with van der Waals surface area (Å²) in [6, 6.07) is 6.62. The number of nitrogens with one attached hydrogen (secondary N) is 2. The van der Waals surface area contributed by atoms with Crippen molar-refractivity contribution in [2.24, 2.45) is 5.92 Å². The van der Waals surface area contributed by atoms with Crippen molar-refractivity contribution in [1.29, 1.82) is 0 Å². The number of hydrogen-bond donors (Lipinski definition) is 3. The van der Waals surface area contributed by atoms with Crippen LogP contribution in [0, 0.1) is 11.7 Å². The van der Waals surface area contributed by atoms with E-state index in [2.05, 4.69) is 15.4 Å². The number of carbonyl (C=O) groups is 4. The summed E-state index contributed by atoms with van der Waals surface area (Å²) in [5, 5.41) is 14.9. The highest BCUT2D eigenvalue weighted by molar-refractivity contribution is 5.93. The number of esters is 1. The fourth-order valence-electron chi connectivity index (χ4n) is 3.22. The highest BCUT2D eigenvalue weighted by atomic mass is 19.1. The zero-order valence-corrected chi connectivity index (χ0v) is 19.0. The third kappa shape index (κ3) is 7.41. The minimum atomic E-state index is -0.843. The Bertz CT molecular complexity index is 1010. The number of rotatable bonds is 13. The van der Waals surface area contributed by atoms with E-state index in [1.807, 2.05) is 6.92 Å². The molecule has 0 fully saturated rings. The molecular formula is C23H28FN3O7. The molecule has 0 aliphatic carbocycles. The molecule has 184 valence electrons. The number of methoxy groups -OCH3 is 1. The van der Waals surface area contributed by atoms with Gasteiger partial charge in [0.05, 0.1) is 31.8 Å². The molecule has 0 aliphatic rings. The van der Waals surface area contributed by atoms with E-state index in [1.54, 1.807) is 0 Å². The Morgan fingerprint density at radius 1 is 1.21 bits per heavy atom. The number of benzene rings is 1. The number of halogens is 1. The zero-order chi connectivity index (χ0) is 25.1. The number of hydrogen-bond acceptors (Lipinski definition) is 7. The van der Waals surface area contributed by atoms with Gasteiger partial charge in [-0.05, 0) is 36.8 Å². The predicted molar refractivity (Wildman–Crippen MR) is 118 cm³/mol. The minimum Gasteiger partial charge on any atom is -0.465 e. The summed E-state index contributed by atoms with van der Waals surface area (Å²) in [4.78, 5) is 47.1. The van der Waals surface area contributed by atoms with Crippen LogP contribution in [0.2, 0.25) is 0 Å². The van der Waals surface area contributed by atoms with Crippen LogP contribution in [0.15, 0.2) is 34.7 Å². The third-order valence-electron chi connectivity index (χ3n) is 5.05. The maximum absolute atomic E-state index is 13.8. The van der Waals surface area contributed by atoms with Crippen molar-refractivity contribution >= 4 is 24.2 Å². The van der Waals surface area contributed by atoms with Crippen LogP contribution in [-0.2, 0) is 14.3 Å². The third-order valence-corrected chi connectivity index (χ3v) is 5.05. The Morgan fingerprint density at radius 2 is 1.97 bits per heavy atom. The van der Waals surface area contributed by atoms with Gasteiger partial charge in [-0.2, -0.15) is 0 Å². The number of ether oxygens (including phenoxy) is 1. The molecule has 1 heterocycles. The average molecular weight is 477 g/mol. The molecule has 3 N–H and O–H groups in total. The molecule has 0 aliphatic heterocycles. The van der Waals surface area contributed by atoms with Crippen molar-refractivity contribution in [1.82, 2.24) is 15.7 Å². The fraction of sp³-hybridized carbons (Fsp3) is 0.391. The molecule has 0 bridgehead atoms. The summed E-state index contributed by atoms with van der Waals surface area (Å²) in [5.41, 5.74) is 0.0995. The van der Waals surface area contributed by atoms with Gasteiger partial charge in [0.15, 0.2) is 5.76 Å². The van der Waals surface area contributed by atoms with Gasteiger partial charge in [0, 0.05) is 5.56 Å². The van der Waals surface area contributed by atoms with Crippen LogP contribution in [0.25, 0.3) is 11.3 Å². The summed E-state index contributed by atoms with van der Waals surface area (Å²) in [7, 11) is 1.14. The van der Waals surface area contributed by atoms with E-state index >= 15 is 0 Å². The van der Waals surface area contributed by atoms with Crippen LogP contribution >= 0.6 is 0 Å². The molecule has 0 radical (unpaired) electrons. The molecule has 1 atom stereocenters. The molecule has 3 amide bonds. The maximum Gasteiger partial charge on any atom is 0.340 e. The molecule has 2 rings (SSSR count). The van der Waals surface area contributed by atoms with Crippen LogP contribution in [-0.4, -0.2) is 54.8 Å². The van der Waals surface area contributed by atoms with E-state index in [4.69, 9.17) is 4.42 Å². The largest absolute Gasteiger partial charge is 0.465 e. The van der Waals surface area contributed by atoms with Crippen LogP contribution in [0.3, 0.4) is 0 Å². The van der Waals surface area contributed by atoms with Crippen LogP contribution in [0.5, 0.6) is 0 Å². The number of amides is 3. The van der Waals surface area contributed by atoms with Gasteiger partial charge in [0.25, 0.3) is 5.91 Å². The Balaban J connectivity index is 1.96. The van der Waals surface area contributed by atoms with Crippen molar-refractivity contribution in [3.05, 3.63) is 47.5 Å². The number of carbonyl (C=O) groups excluding carboxylic acids is 4. The predicted octanol–water partition coefficient (Wildman–Crippen LogP) is 2.72. The highest BCUT2D eigenvalue weighted by Crippen LogP contribution is 2.25. The van der Waals surface area contributed by atoms with Crippen molar-refractivity contribution in [2.45, 2.75) is 32.6 Å². The summed E-state index contributed by atoms with van der Waals surface area (Å²) in [6.07, 6.45) is 3.32. The van der Waals surface area contributed by atoms with Crippen molar-refractivity contribution in [2.75, 3.05) is 20.3 Å². The standard InChI is InChI=1S/C23H28FN3O7/c1-3-4-5-6-16(12-27(32)14-28)21(29)25-13-26-22(30)20-10-9-19(34-20)15-7-8-18(24)17(11-15)23(31)33-2/h7-11,14,16,32H,3-6,12-13H2,1-2H3,(H,25,29)(H,26,30)/t16-/m1/s1. The van der Waals surface area contributed by atoms with Crippen LogP contribution in [0.4, 0.5) is 4.39 Å². The summed E-state index contributed by atoms with van der Waals surface area (Å²) >= 11 is 0. The molecular weight excluding hydrogens is 449 g/mol. The highest BCUT2D eigenvalue weighted by Gasteiger charge is 2.21. The summed E-state index contributed by atoms with van der Waals surface area (Å²) in [5.74, 6) is -3.08. The van der Waals surface area contributed by atoms with E-state index in [-0.39, 0.29) is 36.7 Å². The lowest BCUT2D eigenvalue weighted by atomic mass is 10.0. The summed E-state index contributed by atoms with van der Waals surface area (Å²) in [6.45, 7) is 1.66. The molecule has 1 aromatic carbocycles. The zero-order valence-electron chi connectivity index (χ0n) is 19.0. The first-order valence-electron chi connectivity index (χ1n) is 10.8. The molecule has 0 saturated heterocycles. The average Bonchev–Trinajstić information content (AvgIpc) is 3.33. The Morgan fingerprint density at radius 3 is 2.65 bits per heavy atom. The van der Waals surface area contributed by atoms with Gasteiger partial charge in [0.1, 0.15) is 11.6 Å². The lowest BCUT2D eigenvalue weighted by Crippen LogP contribution is -2.42. The van der Waals surface area contributed by atoms with Crippen molar-refractivity contribution in [3.8, 4) is 11.3 Å². The van der Waals surface area contributed by atoms with Gasteiger partial charge in [-0.25, -0.2) is 14.2 Å². The second kappa shape index (κ2) is 13.1. The summed E-state index contributed by atoms with van der Waals surface area (Å²) < 4.78 is 23.9. The molecule has 0 spiro atoms. The van der Waals surface area contributed by atoms with E-state index in [9.17, 15) is 28.8 Å². The van der Waals surface area contributed by atoms with Gasteiger partial charge >= 0.3 is 5.97 Å². The lowest BCUT2D eigenvalue weighted by Gasteiger charge is -2.19. The lowest BCUT2D eigenvalue weighted by molar-refractivity contribution is -0.154. The normalized spacial score (nSPS) is 11.4. The van der Waals surface area contributed by atoms with E-state index in [0.717, 1.165) is 32.4 Å². The number of furan rings is 1. The molecule has 0 saturated carbocycles. The molecule has 11 heteroatoms. The Hall–Kier alpha value is -3.73. The molecule has 34 heavy (non-hydrogen) atoms. The second-order valence-corrected chi connectivity index (χ2v) is 7.49. The maximum atomic E-state index is 13.8. The first-order chi connectivity index (χ1) is 16.3. The van der Waals surface area contributed by atoms with Gasteiger partial charge in [-0.1, -0.05) is 26.2 Å². The van der Waals surface area contributed by atoms with Gasteiger partial charge in [-0.3, -0.25) is 19.6 Å². The second-order valence-electron chi connectivity index (χ2n) is 7.49. The topological polar surface area (TPSA) is 138 Å². The SMILES string of the molecule is CCCCC[C@H](CN(O)C=O)C(=O)NCNC(=O)c1ccc(-c2ccc(F)c(C(=O)OC)c2)o1. The number of nitrogens with zero attached hydrogens (tertiary/aromatic N) is 1. The Kier molecular flexibility index (Phi) is 10.2. The molecule has 1 aromatic heterocycles. The smallest absolute Gasteiger partial charge is 0.340 e. The number of hydroxylamine groups is 2. The van der Waals surface area contributed by atoms with Crippen molar-refractivity contribution in [3.63, 3.8) is 0 Å². The van der Waals surface area contributed by atoms with Crippen LogP contribution < -0.4 is 10.6 Å². The van der Waals surface area contributed by atoms with Crippen LogP contribution in [0.1, 0.15) is 53.5 Å². The molecule has 10 nitrogen and oxygen atoms in total. The van der Waals surface area contributed by atoms with Crippen molar-refractivity contribution < 1.29 is 37.9 Å². The van der Waals surface area contributed by atoms with Gasteiger partial charge in [-0.15, -0.1) is 0 Å².